The van der Waals surface area contributed by atoms with Crippen LogP contribution in [0, 0.1) is 13.8 Å². The van der Waals surface area contributed by atoms with Crippen molar-refractivity contribution in [3.63, 3.8) is 0 Å². The van der Waals surface area contributed by atoms with E-state index in [-0.39, 0.29) is 0 Å². The summed E-state index contributed by atoms with van der Waals surface area (Å²) in [7, 11) is 0. The number of hydrogen-bond acceptors (Lipinski definition) is 0. The fourth-order valence-corrected chi connectivity index (χ4v) is 3.33. The van der Waals surface area contributed by atoms with E-state index in [1.807, 2.05) is 0 Å². The number of aryl methyl sites for hydroxylation is 2. The Bertz CT molecular complexity index is 1140. The van der Waals surface area contributed by atoms with Crippen LogP contribution in [0.2, 0.25) is 0 Å². The topological polar surface area (TPSA) is 0 Å². The second kappa shape index (κ2) is 8.10. The first-order chi connectivity index (χ1) is 13.7. The van der Waals surface area contributed by atoms with Gasteiger partial charge in [0, 0.05) is 0 Å². The molecule has 0 unspecified atom stereocenters. The van der Waals surface area contributed by atoms with Crippen LogP contribution in [0.3, 0.4) is 0 Å². The van der Waals surface area contributed by atoms with Crippen molar-refractivity contribution in [2.24, 2.45) is 0 Å². The molecular weight excluding hydrogens is 336 g/mol. The predicted molar refractivity (Wildman–Crippen MR) is 124 cm³/mol. The van der Waals surface area contributed by atoms with Gasteiger partial charge in [-0.2, -0.15) is 0 Å². The fraction of sp³-hybridized carbons (Fsp3) is 0.0714. The molecule has 0 saturated carbocycles. The monoisotopic (exact) mass is 360 g/mol. The van der Waals surface area contributed by atoms with Crippen molar-refractivity contribution in [2.75, 3.05) is 0 Å². The lowest BCUT2D eigenvalue weighted by Gasteiger charge is -2.06. The van der Waals surface area contributed by atoms with Crippen molar-refractivity contribution in [3.8, 4) is 0 Å². The first kappa shape index (κ1) is 18.0. The van der Waals surface area contributed by atoms with Gasteiger partial charge < -0.3 is 0 Å². The average molecular weight is 361 g/mol. The van der Waals surface area contributed by atoms with E-state index in [1.54, 1.807) is 0 Å². The molecule has 0 radical (unpaired) electrons. The van der Waals surface area contributed by atoms with E-state index in [4.69, 9.17) is 0 Å². The van der Waals surface area contributed by atoms with E-state index >= 15 is 0 Å². The Morgan fingerprint density at radius 3 is 1.68 bits per heavy atom. The fourth-order valence-electron chi connectivity index (χ4n) is 3.33. The van der Waals surface area contributed by atoms with Crippen molar-refractivity contribution < 1.29 is 0 Å². The van der Waals surface area contributed by atoms with Gasteiger partial charge in [0.25, 0.3) is 0 Å². The maximum absolute atomic E-state index is 2.26. The Morgan fingerprint density at radius 2 is 1.04 bits per heavy atom. The molecule has 4 rings (SSSR count). The second-order valence-electron chi connectivity index (χ2n) is 7.32. The third-order valence-electron chi connectivity index (χ3n) is 4.99. The highest BCUT2D eigenvalue weighted by Gasteiger charge is 2.01. The molecule has 0 aliphatic rings. The lowest BCUT2D eigenvalue weighted by Crippen LogP contribution is -1.83. The lowest BCUT2D eigenvalue weighted by atomic mass is 9.99. The van der Waals surface area contributed by atoms with Crippen molar-refractivity contribution in [2.45, 2.75) is 13.8 Å². The van der Waals surface area contributed by atoms with Crippen LogP contribution in [0.15, 0.2) is 84.9 Å². The molecule has 0 saturated heterocycles. The molecule has 0 heteroatoms. The summed E-state index contributed by atoms with van der Waals surface area (Å²) in [5.74, 6) is 0. The van der Waals surface area contributed by atoms with Crippen LogP contribution >= 0.6 is 0 Å². The number of hydrogen-bond donors (Lipinski definition) is 0. The van der Waals surface area contributed by atoms with Crippen LogP contribution in [-0.4, -0.2) is 0 Å². The van der Waals surface area contributed by atoms with Gasteiger partial charge in [-0.15, -0.1) is 0 Å². The summed E-state index contributed by atoms with van der Waals surface area (Å²) in [6, 6.07) is 30.3. The molecule has 0 bridgehead atoms. The van der Waals surface area contributed by atoms with E-state index in [9.17, 15) is 0 Å². The highest BCUT2D eigenvalue weighted by molar-refractivity contribution is 5.95. The minimum absolute atomic E-state index is 1.21. The van der Waals surface area contributed by atoms with Crippen molar-refractivity contribution in [1.82, 2.24) is 0 Å². The number of rotatable bonds is 4. The maximum atomic E-state index is 2.26. The van der Waals surface area contributed by atoms with Gasteiger partial charge in [-0.3, -0.25) is 0 Å². The van der Waals surface area contributed by atoms with Crippen molar-refractivity contribution in [1.29, 1.82) is 0 Å². The van der Waals surface area contributed by atoms with E-state index in [1.165, 1.54) is 44.2 Å². The van der Waals surface area contributed by atoms with Gasteiger partial charge in [0.05, 0.1) is 0 Å². The summed E-state index contributed by atoms with van der Waals surface area (Å²) in [4.78, 5) is 0. The summed E-state index contributed by atoms with van der Waals surface area (Å²) in [5.41, 5.74) is 7.45. The second-order valence-corrected chi connectivity index (χ2v) is 7.32. The Kier molecular flexibility index (Phi) is 5.21. The Labute approximate surface area is 167 Å². The zero-order valence-corrected chi connectivity index (χ0v) is 16.4. The molecule has 136 valence electrons. The summed E-state index contributed by atoms with van der Waals surface area (Å²) < 4.78 is 0. The zero-order chi connectivity index (χ0) is 19.3. The molecule has 0 aromatic heterocycles. The molecule has 4 aromatic rings. The van der Waals surface area contributed by atoms with Crippen LogP contribution in [0.25, 0.3) is 35.1 Å². The summed E-state index contributed by atoms with van der Waals surface area (Å²) in [5, 5.41) is 2.54. The normalized spacial score (nSPS) is 11.6. The molecule has 0 heterocycles. The van der Waals surface area contributed by atoms with Gasteiger partial charge in [-0.25, -0.2) is 0 Å². The average Bonchev–Trinajstić information content (AvgIpc) is 2.73. The summed E-state index contributed by atoms with van der Waals surface area (Å²) >= 11 is 0. The van der Waals surface area contributed by atoms with Gasteiger partial charge in [-0.1, -0.05) is 108 Å². The van der Waals surface area contributed by atoms with Crippen molar-refractivity contribution in [3.05, 3.63) is 118 Å². The van der Waals surface area contributed by atoms with Gasteiger partial charge in [0.2, 0.25) is 0 Å². The summed E-state index contributed by atoms with van der Waals surface area (Å²) in [6.45, 7) is 4.23. The molecule has 0 aliphatic carbocycles. The Balaban J connectivity index is 1.70. The molecule has 0 aliphatic heterocycles. The molecule has 0 fully saturated rings. The van der Waals surface area contributed by atoms with Crippen molar-refractivity contribution >= 4 is 35.1 Å². The van der Waals surface area contributed by atoms with Crippen LogP contribution in [0.5, 0.6) is 0 Å². The van der Waals surface area contributed by atoms with E-state index in [2.05, 4.69) is 123 Å². The standard InChI is InChI=1S/C28H24/c1-21-7-11-23(12-8-21)15-16-25-19-26-5-3-4-6-28(26)27(20-25)18-17-24-13-9-22(2)10-14-24/h3-20H,1-2H3/b16-15+,18-17+. The maximum Gasteiger partial charge on any atom is -0.0111 e. The molecule has 4 aromatic carbocycles. The molecule has 0 nitrogen and oxygen atoms in total. The van der Waals surface area contributed by atoms with Crippen LogP contribution in [0.4, 0.5) is 0 Å². The molecule has 28 heavy (non-hydrogen) atoms. The Hall–Kier alpha value is -3.38. The van der Waals surface area contributed by atoms with Gasteiger partial charge in [0.15, 0.2) is 0 Å². The van der Waals surface area contributed by atoms with Gasteiger partial charge in [0.1, 0.15) is 0 Å². The molecule has 0 atom stereocenters. The van der Waals surface area contributed by atoms with Gasteiger partial charge >= 0.3 is 0 Å². The smallest absolute Gasteiger partial charge is 0.0111 e. The minimum Gasteiger partial charge on any atom is -0.0616 e. The molecule has 0 amide bonds. The molecule has 0 spiro atoms. The zero-order valence-electron chi connectivity index (χ0n) is 16.4. The summed E-state index contributed by atoms with van der Waals surface area (Å²) in [6.07, 6.45) is 8.78. The van der Waals surface area contributed by atoms with E-state index < -0.39 is 0 Å². The quantitative estimate of drug-likeness (QED) is 0.326. The van der Waals surface area contributed by atoms with E-state index in [0.717, 1.165) is 0 Å². The third-order valence-corrected chi connectivity index (χ3v) is 4.99. The largest absolute Gasteiger partial charge is 0.0616 e. The minimum atomic E-state index is 1.21. The van der Waals surface area contributed by atoms with E-state index in [0.29, 0.717) is 0 Å². The number of benzene rings is 4. The van der Waals surface area contributed by atoms with Crippen LogP contribution in [0.1, 0.15) is 33.4 Å². The van der Waals surface area contributed by atoms with Crippen LogP contribution < -0.4 is 0 Å². The van der Waals surface area contributed by atoms with Crippen LogP contribution in [-0.2, 0) is 0 Å². The third kappa shape index (κ3) is 4.29. The number of fused-ring (bicyclic) bond motifs is 1. The Morgan fingerprint density at radius 1 is 0.500 bits per heavy atom. The molecule has 0 N–H and O–H groups in total. The van der Waals surface area contributed by atoms with Gasteiger partial charge in [-0.05, 0) is 59.0 Å². The first-order valence-electron chi connectivity index (χ1n) is 9.70. The predicted octanol–water partition coefficient (Wildman–Crippen LogP) is 7.80. The molecular formula is C28H24. The lowest BCUT2D eigenvalue weighted by molar-refractivity contribution is 1.46. The SMILES string of the molecule is Cc1ccc(/C=C/c2cc(/C=C/c3ccc(C)cc3)c3ccccc3c2)cc1. The first-order valence-corrected chi connectivity index (χ1v) is 9.70. The highest BCUT2D eigenvalue weighted by atomic mass is 14.1. The highest BCUT2D eigenvalue weighted by Crippen LogP contribution is 2.24.